The third kappa shape index (κ3) is 7.48. The van der Waals surface area contributed by atoms with Crippen molar-refractivity contribution in [2.75, 3.05) is 6.61 Å². The normalized spacial score (nSPS) is 21.7. The number of halogens is 1. The van der Waals surface area contributed by atoms with Gasteiger partial charge in [-0.2, -0.15) is 0 Å². The molecule has 6 rings (SSSR count). The highest BCUT2D eigenvalue weighted by Crippen LogP contribution is 2.42. The second kappa shape index (κ2) is 14.7. The van der Waals surface area contributed by atoms with Gasteiger partial charge >= 0.3 is 11.9 Å². The van der Waals surface area contributed by atoms with Crippen molar-refractivity contribution < 1.29 is 33.4 Å². The Balaban J connectivity index is 1.17. The van der Waals surface area contributed by atoms with Gasteiger partial charge in [-0.3, -0.25) is 4.79 Å². The smallest absolute Gasteiger partial charge is 0.338 e. The largest absolute Gasteiger partial charge is 0.461 e. The fourth-order valence-corrected chi connectivity index (χ4v) is 6.93. The van der Waals surface area contributed by atoms with Gasteiger partial charge < -0.3 is 24.8 Å². The summed E-state index contributed by atoms with van der Waals surface area (Å²) in [5, 5.41) is 11.3. The molecule has 11 heteroatoms. The van der Waals surface area contributed by atoms with E-state index in [0.717, 1.165) is 34.0 Å². The molecule has 2 aliphatic heterocycles. The molecule has 1 fully saturated rings. The van der Waals surface area contributed by atoms with E-state index in [2.05, 4.69) is 10.3 Å². The Morgan fingerprint density at radius 3 is 1.85 bits per heavy atom. The lowest BCUT2D eigenvalue weighted by Gasteiger charge is -2.33. The minimum absolute atomic E-state index is 0.121. The molecular formula is C37H32FN3O6S. The lowest BCUT2D eigenvalue weighted by Crippen LogP contribution is -2.46. The molecule has 0 radical (unpaired) electrons. The number of aliphatic hydroxyl groups is 1. The van der Waals surface area contributed by atoms with Crippen LogP contribution in [0.3, 0.4) is 0 Å². The zero-order chi connectivity index (χ0) is 33.6. The number of nitrogens with one attached hydrogen (secondary N) is 1. The molecule has 4 aromatic carbocycles. The molecule has 0 aromatic heterocycles. The fraction of sp³-hybridized carbons (Fsp3) is 0.189. The van der Waals surface area contributed by atoms with Crippen LogP contribution in [0.4, 0.5) is 4.39 Å². The first-order chi connectivity index (χ1) is 23.3. The molecule has 0 bridgehead atoms. The van der Waals surface area contributed by atoms with Crippen LogP contribution in [0.15, 0.2) is 126 Å². The number of carbonyl (C=O) groups excluding carboxylic acids is 3. The van der Waals surface area contributed by atoms with Crippen LogP contribution >= 0.6 is 11.8 Å². The number of hydrogen-bond donors (Lipinski definition) is 2. The van der Waals surface area contributed by atoms with Crippen LogP contribution in [0.1, 0.15) is 27.6 Å². The number of benzene rings is 4. The molecular weight excluding hydrogens is 633 g/mol. The number of amidine groups is 1. The minimum atomic E-state index is -1.80. The van der Waals surface area contributed by atoms with Gasteiger partial charge in [0, 0.05) is 13.1 Å². The Labute approximate surface area is 281 Å². The molecule has 1 unspecified atom stereocenters. The fourth-order valence-electron chi connectivity index (χ4n) is 5.44. The molecule has 0 aliphatic carbocycles. The van der Waals surface area contributed by atoms with Gasteiger partial charge in [-0.25, -0.2) is 19.0 Å². The Morgan fingerprint density at radius 2 is 1.33 bits per heavy atom. The highest BCUT2D eigenvalue weighted by molar-refractivity contribution is 8.00. The lowest BCUT2D eigenvalue weighted by molar-refractivity contribution is -0.117. The second-order valence-corrected chi connectivity index (χ2v) is 12.5. The summed E-state index contributed by atoms with van der Waals surface area (Å²) in [5.41, 5.74) is 4.35. The van der Waals surface area contributed by atoms with Crippen LogP contribution in [0, 0.1) is 0 Å². The molecule has 1 saturated heterocycles. The van der Waals surface area contributed by atoms with Crippen molar-refractivity contribution in [1.82, 2.24) is 10.2 Å². The van der Waals surface area contributed by atoms with E-state index in [1.807, 2.05) is 72.8 Å². The number of nitrogens with zero attached hydrogens (tertiary/aromatic N) is 2. The van der Waals surface area contributed by atoms with Gasteiger partial charge in [0.15, 0.2) is 12.3 Å². The summed E-state index contributed by atoms with van der Waals surface area (Å²) < 4.78 is 27.6. The Morgan fingerprint density at radius 1 is 0.812 bits per heavy atom. The maximum Gasteiger partial charge on any atom is 0.338 e. The molecule has 9 nitrogen and oxygen atoms in total. The number of carbonyl (C=O) groups is 3. The predicted molar refractivity (Wildman–Crippen MR) is 182 cm³/mol. The third-order valence-corrected chi connectivity index (χ3v) is 9.40. The summed E-state index contributed by atoms with van der Waals surface area (Å²) in [7, 11) is 0. The average Bonchev–Trinajstić information content (AvgIpc) is 3.41. The van der Waals surface area contributed by atoms with Crippen molar-refractivity contribution in [3.63, 3.8) is 0 Å². The van der Waals surface area contributed by atoms with Gasteiger partial charge in [0.25, 0.3) is 0 Å². The van der Waals surface area contributed by atoms with Gasteiger partial charge in [-0.1, -0.05) is 84.9 Å². The molecule has 2 N–H and O–H groups in total. The summed E-state index contributed by atoms with van der Waals surface area (Å²) in [6, 6.07) is 33.1. The third-order valence-electron chi connectivity index (χ3n) is 7.87. The lowest BCUT2D eigenvalue weighted by atomic mass is 10.0. The van der Waals surface area contributed by atoms with E-state index >= 15 is 4.39 Å². The number of aliphatic imine (C=N–C) groups is 1. The molecule has 2 heterocycles. The summed E-state index contributed by atoms with van der Waals surface area (Å²) in [4.78, 5) is 43.1. The Bertz CT molecular complexity index is 1820. The standard InChI is InChI=1S/C37H32FN3O6S/c1-23(42)39-31-20-21-41(37(45)40-31)34-32(38)33(47-36(44)29-18-14-27(15-19-29)25-10-6-3-7-11-25)30(48-34)22-46-35(43)28-16-12-26(13-17-28)24-8-4-2-5-9-24/h2-21,30,32-34,37,45H,22H2,1H3,(H,39,40,42)/t30-,32+,33-,34-,37?/m1/s1. The van der Waals surface area contributed by atoms with Crippen LogP contribution in [-0.2, 0) is 14.3 Å². The first-order valence-electron chi connectivity index (χ1n) is 15.2. The predicted octanol–water partition coefficient (Wildman–Crippen LogP) is 5.82. The zero-order valence-corrected chi connectivity index (χ0v) is 26.6. The summed E-state index contributed by atoms with van der Waals surface area (Å²) in [5.74, 6) is -1.61. The summed E-state index contributed by atoms with van der Waals surface area (Å²) >= 11 is 1.05. The van der Waals surface area contributed by atoms with Crippen LogP contribution in [-0.4, -0.2) is 69.5 Å². The number of amides is 1. The molecule has 0 saturated carbocycles. The molecule has 244 valence electrons. The maximum atomic E-state index is 16.2. The number of esters is 2. The van der Waals surface area contributed by atoms with E-state index < -0.39 is 41.2 Å². The van der Waals surface area contributed by atoms with Crippen LogP contribution in [0.5, 0.6) is 0 Å². The van der Waals surface area contributed by atoms with Crippen molar-refractivity contribution in [3.8, 4) is 22.3 Å². The number of ether oxygens (including phenoxy) is 2. The first kappa shape index (κ1) is 32.7. The Kier molecular flexibility index (Phi) is 9.98. The van der Waals surface area contributed by atoms with E-state index in [4.69, 9.17) is 9.47 Å². The van der Waals surface area contributed by atoms with Crippen LogP contribution in [0.2, 0.25) is 0 Å². The van der Waals surface area contributed by atoms with Gasteiger partial charge in [0.2, 0.25) is 12.3 Å². The molecule has 2 aliphatic rings. The number of alkyl halides is 1. The SMILES string of the molecule is CC(=O)NC1=NC(O)N([C@@H]2S[C@H](COC(=O)c3ccc(-c4ccccc4)cc3)[C@@H](OC(=O)c3ccc(-c4ccccc4)cc3)[C@@H]2F)C=C1. The van der Waals surface area contributed by atoms with E-state index in [-0.39, 0.29) is 23.9 Å². The summed E-state index contributed by atoms with van der Waals surface area (Å²) in [6.45, 7) is 1.04. The highest BCUT2D eigenvalue weighted by atomic mass is 32.2. The van der Waals surface area contributed by atoms with E-state index in [9.17, 15) is 19.5 Å². The highest BCUT2D eigenvalue weighted by Gasteiger charge is 2.51. The van der Waals surface area contributed by atoms with Gasteiger partial charge in [-0.05, 0) is 52.6 Å². The van der Waals surface area contributed by atoms with Gasteiger partial charge in [0.1, 0.15) is 17.8 Å². The van der Waals surface area contributed by atoms with Gasteiger partial charge in [-0.15, -0.1) is 11.8 Å². The number of aliphatic hydroxyl groups excluding tert-OH is 1. The van der Waals surface area contributed by atoms with Crippen molar-refractivity contribution in [2.45, 2.75) is 36.2 Å². The van der Waals surface area contributed by atoms with Crippen molar-refractivity contribution >= 4 is 35.4 Å². The molecule has 4 aromatic rings. The second-order valence-electron chi connectivity index (χ2n) is 11.2. The van der Waals surface area contributed by atoms with E-state index in [0.29, 0.717) is 5.56 Å². The van der Waals surface area contributed by atoms with Crippen molar-refractivity contribution in [3.05, 3.63) is 133 Å². The minimum Gasteiger partial charge on any atom is -0.461 e. The number of thioether (sulfide) groups is 1. The number of hydrogen-bond acceptors (Lipinski definition) is 9. The molecule has 48 heavy (non-hydrogen) atoms. The van der Waals surface area contributed by atoms with Gasteiger partial charge in [0.05, 0.1) is 16.4 Å². The van der Waals surface area contributed by atoms with Crippen molar-refractivity contribution in [2.24, 2.45) is 4.99 Å². The Hall–Kier alpha value is -5.26. The van der Waals surface area contributed by atoms with E-state index in [1.165, 1.54) is 24.1 Å². The maximum absolute atomic E-state index is 16.2. The molecule has 5 atom stereocenters. The topological polar surface area (TPSA) is 118 Å². The van der Waals surface area contributed by atoms with E-state index in [1.54, 1.807) is 36.4 Å². The zero-order valence-electron chi connectivity index (χ0n) is 25.8. The first-order valence-corrected chi connectivity index (χ1v) is 16.2. The van der Waals surface area contributed by atoms with Crippen LogP contribution in [0.25, 0.3) is 22.3 Å². The summed E-state index contributed by atoms with van der Waals surface area (Å²) in [6.07, 6.45) is -1.79. The molecule has 0 spiro atoms. The average molecular weight is 666 g/mol. The quantitative estimate of drug-likeness (QED) is 0.226. The molecule has 1 amide bonds. The number of rotatable bonds is 8. The van der Waals surface area contributed by atoms with Crippen LogP contribution < -0.4 is 5.32 Å². The van der Waals surface area contributed by atoms with Crippen molar-refractivity contribution in [1.29, 1.82) is 0 Å². The monoisotopic (exact) mass is 665 g/mol.